The molecule has 6 nitrogen and oxygen atoms in total. The van der Waals surface area contributed by atoms with Crippen molar-refractivity contribution >= 4 is 77.5 Å². The Balaban J connectivity index is 1.12. The second-order valence-electron chi connectivity index (χ2n) is 12.9. The molecule has 240 valence electrons. The fourth-order valence-corrected chi connectivity index (χ4v) is 7.58. The van der Waals surface area contributed by atoms with Gasteiger partial charge in [0.1, 0.15) is 45.5 Å². The van der Waals surface area contributed by atoms with Crippen LogP contribution in [0.15, 0.2) is 175 Å². The summed E-state index contributed by atoms with van der Waals surface area (Å²) < 4.78 is 19.0. The molecule has 6 heteroatoms. The van der Waals surface area contributed by atoms with E-state index in [-0.39, 0.29) is 0 Å². The highest BCUT2D eigenvalue weighted by Gasteiger charge is 2.25. The van der Waals surface area contributed by atoms with Crippen LogP contribution in [0.25, 0.3) is 76.9 Å². The number of para-hydroxylation sites is 2. The zero-order chi connectivity index (χ0) is 33.5. The van der Waals surface area contributed by atoms with Crippen LogP contribution in [0.3, 0.4) is 0 Å². The highest BCUT2D eigenvalue weighted by Crippen LogP contribution is 2.41. The van der Waals surface area contributed by atoms with Crippen molar-refractivity contribution in [3.63, 3.8) is 0 Å². The van der Waals surface area contributed by atoms with Gasteiger partial charge in [-0.3, -0.25) is 0 Å². The van der Waals surface area contributed by atoms with Crippen LogP contribution in [-0.2, 0) is 0 Å². The quantitative estimate of drug-likeness (QED) is 0.204. The molecule has 4 heterocycles. The molecule has 0 bridgehead atoms. The van der Waals surface area contributed by atoms with Crippen molar-refractivity contribution in [2.45, 2.75) is 6.17 Å². The minimum atomic E-state index is -0.407. The van der Waals surface area contributed by atoms with E-state index < -0.39 is 6.17 Å². The summed E-state index contributed by atoms with van der Waals surface area (Å²) in [4.78, 5) is 10.5. The van der Waals surface area contributed by atoms with Crippen molar-refractivity contribution in [2.24, 2.45) is 9.98 Å². The first-order chi connectivity index (χ1) is 25.2. The predicted octanol–water partition coefficient (Wildman–Crippen LogP) is 11.5. The van der Waals surface area contributed by atoms with Crippen LogP contribution in [0, 0.1) is 0 Å². The van der Waals surface area contributed by atoms with Gasteiger partial charge in [0.2, 0.25) is 0 Å². The number of furan rings is 3. The van der Waals surface area contributed by atoms with E-state index in [2.05, 4.69) is 84.2 Å². The van der Waals surface area contributed by atoms with Gasteiger partial charge < -0.3 is 18.6 Å². The number of hydrogen-bond acceptors (Lipinski definition) is 6. The van der Waals surface area contributed by atoms with Crippen LogP contribution in [-0.4, -0.2) is 11.7 Å². The number of nitrogens with zero attached hydrogens (tertiary/aromatic N) is 2. The standard InChI is InChI=1S/C45H27N3O3/c1-2-10-26(11-3-1)43-46-44(28-20-22-32-30-12-4-6-16-35(30)50-40(32)25-28)48-45(47-43)33-15-9-19-39-42(33)41-29(14-8-18-38(41)51-39)27-21-23-37-34(24-27)31-13-5-7-17-36(31)49-37/h1-25,44H,(H,46,47,48). The Kier molecular flexibility index (Phi) is 5.92. The third kappa shape index (κ3) is 4.36. The summed E-state index contributed by atoms with van der Waals surface area (Å²) >= 11 is 0. The minimum absolute atomic E-state index is 0.407. The summed E-state index contributed by atoms with van der Waals surface area (Å²) in [6, 6.07) is 51.6. The van der Waals surface area contributed by atoms with E-state index in [1.807, 2.05) is 72.8 Å². The molecule has 0 aliphatic carbocycles. The van der Waals surface area contributed by atoms with E-state index in [9.17, 15) is 0 Å². The molecule has 1 unspecified atom stereocenters. The Hall–Kier alpha value is -6.92. The molecule has 0 fully saturated rings. The molecule has 51 heavy (non-hydrogen) atoms. The van der Waals surface area contributed by atoms with Gasteiger partial charge in [-0.1, -0.05) is 109 Å². The maximum absolute atomic E-state index is 6.54. The molecular formula is C45H27N3O3. The van der Waals surface area contributed by atoms with E-state index in [1.54, 1.807) is 0 Å². The molecule has 0 amide bonds. The molecule has 10 aromatic rings. The average molecular weight is 658 g/mol. The van der Waals surface area contributed by atoms with Gasteiger partial charge in [-0.2, -0.15) is 0 Å². The largest absolute Gasteiger partial charge is 0.456 e. The number of hydrogen-bond donors (Lipinski definition) is 1. The maximum Gasteiger partial charge on any atom is 0.160 e. The summed E-state index contributed by atoms with van der Waals surface area (Å²) in [7, 11) is 0. The molecule has 0 spiro atoms. The van der Waals surface area contributed by atoms with Crippen LogP contribution in [0.5, 0.6) is 0 Å². The molecule has 7 aromatic carbocycles. The van der Waals surface area contributed by atoms with Gasteiger partial charge in [-0.25, -0.2) is 9.98 Å². The first-order valence-electron chi connectivity index (χ1n) is 17.0. The first-order valence-corrected chi connectivity index (χ1v) is 17.0. The Labute approximate surface area is 291 Å². The average Bonchev–Trinajstić information content (AvgIpc) is 3.88. The summed E-state index contributed by atoms with van der Waals surface area (Å²) in [5.41, 5.74) is 10.0. The summed E-state index contributed by atoms with van der Waals surface area (Å²) in [5.74, 6) is 1.37. The molecule has 1 atom stereocenters. The lowest BCUT2D eigenvalue weighted by Gasteiger charge is -2.24. The monoisotopic (exact) mass is 657 g/mol. The molecule has 3 aromatic heterocycles. The topological polar surface area (TPSA) is 76.2 Å². The van der Waals surface area contributed by atoms with Crippen molar-refractivity contribution in [1.82, 2.24) is 5.32 Å². The van der Waals surface area contributed by atoms with Crippen molar-refractivity contribution in [1.29, 1.82) is 0 Å². The van der Waals surface area contributed by atoms with E-state index in [0.717, 1.165) is 99.5 Å². The minimum Gasteiger partial charge on any atom is -0.456 e. The van der Waals surface area contributed by atoms with Crippen LogP contribution >= 0.6 is 0 Å². The van der Waals surface area contributed by atoms with Gasteiger partial charge in [-0.05, 0) is 53.6 Å². The molecule has 1 aliphatic rings. The van der Waals surface area contributed by atoms with E-state index in [1.165, 1.54) is 0 Å². The third-order valence-corrected chi connectivity index (χ3v) is 9.96. The lowest BCUT2D eigenvalue weighted by molar-refractivity contribution is 0.655. The number of amidine groups is 2. The predicted molar refractivity (Wildman–Crippen MR) is 206 cm³/mol. The number of benzene rings is 7. The molecule has 11 rings (SSSR count). The van der Waals surface area contributed by atoms with Gasteiger partial charge in [-0.15, -0.1) is 0 Å². The summed E-state index contributed by atoms with van der Waals surface area (Å²) in [6.07, 6.45) is -0.407. The van der Waals surface area contributed by atoms with Gasteiger partial charge in [0.15, 0.2) is 5.84 Å². The second-order valence-corrected chi connectivity index (χ2v) is 12.9. The fraction of sp³-hybridized carbons (Fsp3) is 0.0222. The third-order valence-electron chi connectivity index (χ3n) is 9.96. The van der Waals surface area contributed by atoms with Crippen molar-refractivity contribution in [3.05, 3.63) is 168 Å². The molecule has 1 aliphatic heterocycles. The lowest BCUT2D eigenvalue weighted by atomic mass is 9.96. The fourth-order valence-electron chi connectivity index (χ4n) is 7.58. The Bertz CT molecular complexity index is 3070. The lowest BCUT2D eigenvalue weighted by Crippen LogP contribution is -2.33. The molecule has 0 radical (unpaired) electrons. The van der Waals surface area contributed by atoms with Crippen LogP contribution < -0.4 is 5.32 Å². The SMILES string of the molecule is c1ccc(C2=NC(c3cccc4oc5cccc(-c6ccc7oc8ccccc8c7c6)c5c34)=NC(c3ccc4c(c3)oc3ccccc34)N2)cc1. The second kappa shape index (κ2) is 10.8. The van der Waals surface area contributed by atoms with E-state index in [4.69, 9.17) is 23.2 Å². The Morgan fingerprint density at radius 3 is 1.84 bits per heavy atom. The van der Waals surface area contributed by atoms with Gasteiger partial charge in [0, 0.05) is 49.0 Å². The number of nitrogens with one attached hydrogen (secondary N) is 1. The van der Waals surface area contributed by atoms with Crippen molar-refractivity contribution in [2.75, 3.05) is 0 Å². The number of fused-ring (bicyclic) bond motifs is 9. The summed E-state index contributed by atoms with van der Waals surface area (Å²) in [6.45, 7) is 0. The van der Waals surface area contributed by atoms with Crippen molar-refractivity contribution < 1.29 is 13.3 Å². The Morgan fingerprint density at radius 2 is 1.04 bits per heavy atom. The highest BCUT2D eigenvalue weighted by molar-refractivity contribution is 6.24. The zero-order valence-corrected chi connectivity index (χ0v) is 27.1. The summed E-state index contributed by atoms with van der Waals surface area (Å²) in [5, 5.41) is 9.97. The Morgan fingerprint density at radius 1 is 0.431 bits per heavy atom. The number of aliphatic imine (C=N–C) groups is 2. The molecule has 1 N–H and O–H groups in total. The molecule has 0 saturated heterocycles. The zero-order valence-electron chi connectivity index (χ0n) is 27.1. The molecular weight excluding hydrogens is 631 g/mol. The van der Waals surface area contributed by atoms with E-state index >= 15 is 0 Å². The van der Waals surface area contributed by atoms with E-state index in [0.29, 0.717) is 5.84 Å². The van der Waals surface area contributed by atoms with Crippen LogP contribution in [0.2, 0.25) is 0 Å². The van der Waals surface area contributed by atoms with Crippen molar-refractivity contribution in [3.8, 4) is 11.1 Å². The van der Waals surface area contributed by atoms with Gasteiger partial charge in [0.25, 0.3) is 0 Å². The van der Waals surface area contributed by atoms with Gasteiger partial charge >= 0.3 is 0 Å². The highest BCUT2D eigenvalue weighted by atomic mass is 16.3. The van der Waals surface area contributed by atoms with Crippen LogP contribution in [0.4, 0.5) is 0 Å². The maximum atomic E-state index is 6.54. The molecule has 0 saturated carbocycles. The smallest absolute Gasteiger partial charge is 0.160 e. The number of rotatable bonds is 4. The van der Waals surface area contributed by atoms with Crippen LogP contribution in [0.1, 0.15) is 22.9 Å². The first kappa shape index (κ1) is 28.0. The van der Waals surface area contributed by atoms with Gasteiger partial charge in [0.05, 0.1) is 0 Å². The normalized spacial score (nSPS) is 14.9.